The zero-order chi connectivity index (χ0) is 43.4. The van der Waals surface area contributed by atoms with Gasteiger partial charge in [0.2, 0.25) is 5.69 Å². The number of aromatic nitrogens is 4. The number of pyridine rings is 1. The Balaban J connectivity index is 1.42. The summed E-state index contributed by atoms with van der Waals surface area (Å²) in [4.78, 5) is 8.07. The molecule has 0 saturated heterocycles. The van der Waals surface area contributed by atoms with Gasteiger partial charge in [0.1, 0.15) is 6.07 Å². The first-order chi connectivity index (χ1) is 30.4. The topological polar surface area (TPSA) is 55.8 Å². The molecule has 0 N–H and O–H groups in total. The van der Waals surface area contributed by atoms with Crippen molar-refractivity contribution in [2.45, 2.75) is 52.4 Å². The van der Waals surface area contributed by atoms with E-state index in [1.54, 1.807) is 12.1 Å². The minimum Gasteiger partial charge on any atom is -0.361 e. The van der Waals surface area contributed by atoms with Crippen LogP contribution in [0.4, 0.5) is 5.82 Å². The molecule has 0 radical (unpaired) electrons. The second kappa shape index (κ2) is 13.8. The van der Waals surface area contributed by atoms with Crippen molar-refractivity contribution in [2.24, 2.45) is 0 Å². The molecule has 0 bridgehead atoms. The minimum atomic E-state index is -0.0643. The molecule has 4 aromatic heterocycles. The fraction of sp³-hybridized carbons (Fsp3) is 0.140. The highest BCUT2D eigenvalue weighted by atomic mass is 15.1. The number of hydrogen-bond acceptors (Lipinski definition) is 2. The largest absolute Gasteiger partial charge is 0.361 e. The molecule has 4 heterocycles. The fourth-order valence-electron chi connectivity index (χ4n) is 9.70. The lowest BCUT2D eigenvalue weighted by Gasteiger charge is -2.24. The number of nitrogens with zero attached hydrogens (tertiary/aromatic N) is 6. The van der Waals surface area contributed by atoms with Gasteiger partial charge in [-0.1, -0.05) is 133 Å². The third-order valence-electron chi connectivity index (χ3n) is 12.8. The van der Waals surface area contributed by atoms with Gasteiger partial charge in [-0.05, 0) is 99.8 Å². The highest BCUT2D eigenvalue weighted by Gasteiger charge is 2.28. The lowest BCUT2D eigenvalue weighted by Crippen LogP contribution is -2.11. The van der Waals surface area contributed by atoms with Crippen molar-refractivity contribution in [3.05, 3.63) is 186 Å². The normalized spacial score (nSPS) is 12.3. The minimum absolute atomic E-state index is 0.0643. The summed E-state index contributed by atoms with van der Waals surface area (Å²) in [6.07, 6.45) is 0. The smallest absolute Gasteiger partial charge is 0.271 e. The number of para-hydroxylation sites is 4. The molecule has 0 fully saturated rings. The van der Waals surface area contributed by atoms with E-state index in [0.29, 0.717) is 0 Å². The molecule has 11 aromatic rings. The Kier molecular flexibility index (Phi) is 8.33. The van der Waals surface area contributed by atoms with E-state index in [1.807, 2.05) is 0 Å². The summed E-state index contributed by atoms with van der Waals surface area (Å²) in [5.74, 6) is 0.177. The van der Waals surface area contributed by atoms with Crippen LogP contribution in [0, 0.1) is 17.9 Å². The summed E-state index contributed by atoms with van der Waals surface area (Å²) < 4.78 is 7.31. The number of benzene rings is 7. The Hall–Kier alpha value is -7.93. The molecule has 0 aliphatic carbocycles. The van der Waals surface area contributed by atoms with Gasteiger partial charge in [-0.25, -0.2) is 0 Å². The van der Waals surface area contributed by atoms with Gasteiger partial charge in [0.25, 0.3) is 5.82 Å². The van der Waals surface area contributed by atoms with E-state index in [-0.39, 0.29) is 22.3 Å². The first-order valence-corrected chi connectivity index (χ1v) is 21.5. The number of hydrogen-bond donors (Lipinski definition) is 0. The van der Waals surface area contributed by atoms with Crippen molar-refractivity contribution >= 4 is 71.2 Å². The van der Waals surface area contributed by atoms with E-state index in [4.69, 9.17) is 6.57 Å². The number of fused-ring (bicyclic) bond motifs is 9. The molecule has 0 spiro atoms. The second-order valence-electron chi connectivity index (χ2n) is 18.7. The SMILES string of the molecule is [C-]#[N+]c1cc(-c2cc(-n3c4ccccc4c4ccccc43)c(-n3c4ccc(C(C)(C)C)cc4c4cc(C(C)(C)C)ccc43)c(-n3c4ccccc4c4ccccc43)c2)cc(C#N)n1. The molecule has 6 heteroatoms. The Morgan fingerprint density at radius 1 is 0.460 bits per heavy atom. The summed E-state index contributed by atoms with van der Waals surface area (Å²) in [6, 6.07) is 58.9. The van der Waals surface area contributed by atoms with E-state index in [9.17, 15) is 5.26 Å². The molecule has 0 saturated carbocycles. The molecule has 0 aliphatic heterocycles. The summed E-state index contributed by atoms with van der Waals surface area (Å²) in [5, 5.41) is 17.2. The van der Waals surface area contributed by atoms with Crippen LogP contribution in [0.15, 0.2) is 158 Å². The van der Waals surface area contributed by atoms with Crippen LogP contribution in [0.3, 0.4) is 0 Å². The molecular weight excluding hydrogens is 769 g/mol. The lowest BCUT2D eigenvalue weighted by atomic mass is 9.85. The molecule has 0 atom stereocenters. The molecule has 63 heavy (non-hydrogen) atoms. The predicted octanol–water partition coefficient (Wildman–Crippen LogP) is 15.1. The zero-order valence-electron chi connectivity index (χ0n) is 36.2. The highest BCUT2D eigenvalue weighted by Crippen LogP contribution is 2.46. The van der Waals surface area contributed by atoms with Crippen LogP contribution in [-0.2, 0) is 10.8 Å². The first-order valence-electron chi connectivity index (χ1n) is 21.5. The predicted molar refractivity (Wildman–Crippen MR) is 261 cm³/mol. The van der Waals surface area contributed by atoms with Gasteiger partial charge in [0.15, 0.2) is 0 Å². The van der Waals surface area contributed by atoms with Crippen molar-refractivity contribution in [1.29, 1.82) is 5.26 Å². The van der Waals surface area contributed by atoms with E-state index in [1.165, 1.54) is 21.9 Å². The van der Waals surface area contributed by atoms with Gasteiger partial charge in [0, 0.05) is 38.4 Å². The Morgan fingerprint density at radius 3 is 1.22 bits per heavy atom. The average molecular weight is 813 g/mol. The number of rotatable bonds is 4. The van der Waals surface area contributed by atoms with Crippen LogP contribution in [0.2, 0.25) is 0 Å². The van der Waals surface area contributed by atoms with Crippen molar-refractivity contribution in [3.63, 3.8) is 0 Å². The molecule has 0 unspecified atom stereocenters. The molecule has 11 rings (SSSR count). The second-order valence-corrected chi connectivity index (χ2v) is 18.7. The van der Waals surface area contributed by atoms with Gasteiger partial charge < -0.3 is 18.5 Å². The quantitative estimate of drug-likeness (QED) is 0.166. The standard InChI is InChI=1S/C57H44N6/c1-56(2,3)37-24-26-50-44(32-37)45-33-38(57(4,5)6)25-27-51(45)63(50)55-52(61-46-20-12-8-16-40(46)41-17-9-13-21-47(41)61)29-36(35-28-39(34-58)60-54(31-35)59-7)30-53(55)62-48-22-14-10-18-42(48)43-19-11-15-23-49(43)62/h8-33H,1-6H3. The maximum Gasteiger partial charge on any atom is 0.271 e. The zero-order valence-corrected chi connectivity index (χ0v) is 36.2. The van der Waals surface area contributed by atoms with Crippen LogP contribution in [0.1, 0.15) is 58.4 Å². The monoisotopic (exact) mass is 812 g/mol. The third kappa shape index (κ3) is 5.87. The van der Waals surface area contributed by atoms with Gasteiger partial charge >= 0.3 is 0 Å². The van der Waals surface area contributed by atoms with Crippen LogP contribution in [-0.4, -0.2) is 18.7 Å². The Labute approximate surface area is 366 Å². The third-order valence-corrected chi connectivity index (χ3v) is 12.8. The van der Waals surface area contributed by atoms with Gasteiger partial charge in [-0.15, -0.1) is 4.98 Å². The maximum absolute atomic E-state index is 10.2. The molecule has 302 valence electrons. The van der Waals surface area contributed by atoms with Crippen LogP contribution in [0.25, 0.3) is 98.5 Å². The molecule has 0 amide bonds. The number of nitriles is 1. The molecular formula is C57H44N6. The maximum atomic E-state index is 10.2. The molecule has 6 nitrogen and oxygen atoms in total. The van der Waals surface area contributed by atoms with Gasteiger partial charge in [0.05, 0.1) is 50.2 Å². The summed E-state index contributed by atoms with van der Waals surface area (Å²) >= 11 is 0. The van der Waals surface area contributed by atoms with E-state index in [0.717, 1.165) is 82.8 Å². The van der Waals surface area contributed by atoms with Crippen molar-refractivity contribution in [3.8, 4) is 34.3 Å². The summed E-state index contributed by atoms with van der Waals surface area (Å²) in [7, 11) is 0. The van der Waals surface area contributed by atoms with Crippen LogP contribution < -0.4 is 0 Å². The lowest BCUT2D eigenvalue weighted by molar-refractivity contribution is 0.590. The van der Waals surface area contributed by atoms with Crippen LogP contribution >= 0.6 is 0 Å². The summed E-state index contributed by atoms with van der Waals surface area (Å²) in [5.41, 5.74) is 13.7. The van der Waals surface area contributed by atoms with Crippen LogP contribution in [0.5, 0.6) is 0 Å². The Bertz CT molecular complexity index is 3440. The first kappa shape index (κ1) is 38.0. The van der Waals surface area contributed by atoms with E-state index < -0.39 is 0 Å². The van der Waals surface area contributed by atoms with Crippen molar-refractivity contribution in [2.75, 3.05) is 0 Å². The molecule has 7 aromatic carbocycles. The average Bonchev–Trinajstić information content (AvgIpc) is 3.93. The Morgan fingerprint density at radius 2 is 0.841 bits per heavy atom. The van der Waals surface area contributed by atoms with Crippen molar-refractivity contribution in [1.82, 2.24) is 18.7 Å². The van der Waals surface area contributed by atoms with Crippen molar-refractivity contribution < 1.29 is 0 Å². The van der Waals surface area contributed by atoms with Gasteiger partial charge in [-0.3, -0.25) is 0 Å². The van der Waals surface area contributed by atoms with E-state index in [2.05, 4.69) is 217 Å². The summed E-state index contributed by atoms with van der Waals surface area (Å²) in [6.45, 7) is 21.7. The van der Waals surface area contributed by atoms with Gasteiger partial charge in [-0.2, -0.15) is 5.26 Å². The molecule has 0 aliphatic rings. The highest BCUT2D eigenvalue weighted by molar-refractivity contribution is 6.14. The van der Waals surface area contributed by atoms with E-state index >= 15 is 0 Å². The fourth-order valence-corrected chi connectivity index (χ4v) is 9.70.